The van der Waals surface area contributed by atoms with E-state index in [0.717, 1.165) is 25.2 Å². The van der Waals surface area contributed by atoms with E-state index < -0.39 is 0 Å². The van der Waals surface area contributed by atoms with E-state index >= 15 is 0 Å². The number of piperazine rings is 1. The van der Waals surface area contributed by atoms with E-state index in [9.17, 15) is 10.1 Å². The molecule has 1 aromatic carbocycles. The second kappa shape index (κ2) is 8.97. The minimum atomic E-state index is -0.238. The fraction of sp³-hybridized carbons (Fsp3) is 0.286. The van der Waals surface area contributed by atoms with Gasteiger partial charge in [0.1, 0.15) is 17.5 Å². The first kappa shape index (κ1) is 18.6. The summed E-state index contributed by atoms with van der Waals surface area (Å²) >= 11 is 0. The Morgan fingerprint density at radius 2 is 1.93 bits per heavy atom. The molecular formula is C21H23N5O. The molecule has 1 N–H and O–H groups in total. The van der Waals surface area contributed by atoms with Crippen LogP contribution in [0.4, 0.5) is 5.82 Å². The van der Waals surface area contributed by atoms with Crippen LogP contribution in [0.25, 0.3) is 0 Å². The Kier molecular flexibility index (Phi) is 6.18. The van der Waals surface area contributed by atoms with Crippen LogP contribution in [0.5, 0.6) is 0 Å². The van der Waals surface area contributed by atoms with Gasteiger partial charge in [-0.3, -0.25) is 9.69 Å². The maximum absolute atomic E-state index is 12.7. The summed E-state index contributed by atoms with van der Waals surface area (Å²) in [5, 5.41) is 12.4. The normalized spacial score (nSPS) is 15.3. The number of pyridine rings is 1. The second-order valence-corrected chi connectivity index (χ2v) is 6.54. The lowest BCUT2D eigenvalue weighted by molar-refractivity contribution is -0.128. The molecule has 1 amide bonds. The molecule has 27 heavy (non-hydrogen) atoms. The number of nitrogens with zero attached hydrogens (tertiary/aromatic N) is 4. The van der Waals surface area contributed by atoms with Crippen LogP contribution in [0, 0.1) is 18.3 Å². The lowest BCUT2D eigenvalue weighted by Gasteiger charge is -2.34. The number of benzene rings is 1. The van der Waals surface area contributed by atoms with E-state index in [-0.39, 0.29) is 11.5 Å². The van der Waals surface area contributed by atoms with Crippen LogP contribution >= 0.6 is 0 Å². The first-order valence-corrected chi connectivity index (χ1v) is 9.01. The van der Waals surface area contributed by atoms with Crippen molar-refractivity contribution in [3.63, 3.8) is 0 Å². The van der Waals surface area contributed by atoms with E-state index in [1.54, 1.807) is 11.1 Å². The first-order valence-electron chi connectivity index (χ1n) is 9.01. The van der Waals surface area contributed by atoms with Crippen molar-refractivity contribution in [2.45, 2.75) is 13.5 Å². The van der Waals surface area contributed by atoms with Gasteiger partial charge in [0.15, 0.2) is 0 Å². The highest BCUT2D eigenvalue weighted by atomic mass is 16.2. The summed E-state index contributed by atoms with van der Waals surface area (Å²) in [5.41, 5.74) is 2.31. The standard InChI is InChI=1S/C21H23N5O/c1-17-6-5-9-23-20(17)24-15-19(14-22)21(27)26-12-10-25(11-13-26)16-18-7-3-2-4-8-18/h2-9,15H,10-13,16H2,1H3,(H,23,24)/b19-15-. The van der Waals surface area contributed by atoms with Crippen molar-refractivity contribution >= 4 is 11.7 Å². The van der Waals surface area contributed by atoms with Crippen LogP contribution < -0.4 is 5.32 Å². The van der Waals surface area contributed by atoms with Gasteiger partial charge in [-0.2, -0.15) is 5.26 Å². The van der Waals surface area contributed by atoms with Crippen molar-refractivity contribution in [3.05, 3.63) is 71.6 Å². The number of rotatable bonds is 5. The molecule has 0 radical (unpaired) electrons. The number of anilines is 1. The van der Waals surface area contributed by atoms with E-state index in [0.29, 0.717) is 18.9 Å². The van der Waals surface area contributed by atoms with Gasteiger partial charge >= 0.3 is 0 Å². The van der Waals surface area contributed by atoms with Crippen LogP contribution in [0.1, 0.15) is 11.1 Å². The number of carbonyl (C=O) groups is 1. The Balaban J connectivity index is 1.56. The summed E-state index contributed by atoms with van der Waals surface area (Å²) in [6.45, 7) is 5.63. The molecule has 0 unspecified atom stereocenters. The number of amides is 1. The third-order valence-electron chi connectivity index (χ3n) is 4.62. The van der Waals surface area contributed by atoms with Crippen LogP contribution in [-0.4, -0.2) is 46.9 Å². The van der Waals surface area contributed by atoms with Gasteiger partial charge in [0.2, 0.25) is 0 Å². The summed E-state index contributed by atoms with van der Waals surface area (Å²) in [6.07, 6.45) is 3.12. The molecule has 6 nitrogen and oxygen atoms in total. The molecule has 3 rings (SSSR count). The van der Waals surface area contributed by atoms with Crippen LogP contribution in [-0.2, 0) is 11.3 Å². The summed E-state index contributed by atoms with van der Waals surface area (Å²) < 4.78 is 0. The van der Waals surface area contributed by atoms with Gasteiger partial charge in [-0.15, -0.1) is 0 Å². The van der Waals surface area contributed by atoms with Crippen molar-refractivity contribution in [1.29, 1.82) is 5.26 Å². The van der Waals surface area contributed by atoms with Gasteiger partial charge in [-0.25, -0.2) is 4.98 Å². The van der Waals surface area contributed by atoms with Crippen LogP contribution in [0.2, 0.25) is 0 Å². The molecule has 1 fully saturated rings. The minimum Gasteiger partial charge on any atom is -0.345 e. The van der Waals surface area contributed by atoms with E-state index in [2.05, 4.69) is 27.3 Å². The maximum Gasteiger partial charge on any atom is 0.266 e. The molecule has 0 bridgehead atoms. The van der Waals surface area contributed by atoms with Gasteiger partial charge in [0.05, 0.1) is 0 Å². The van der Waals surface area contributed by atoms with Gasteiger partial charge < -0.3 is 10.2 Å². The number of carbonyl (C=O) groups excluding carboxylic acids is 1. The van der Waals surface area contributed by atoms with Crippen LogP contribution in [0.3, 0.4) is 0 Å². The zero-order valence-corrected chi connectivity index (χ0v) is 15.4. The molecule has 0 atom stereocenters. The molecular weight excluding hydrogens is 338 g/mol. The highest BCUT2D eigenvalue weighted by Gasteiger charge is 2.23. The number of aryl methyl sites for hydroxylation is 1. The van der Waals surface area contributed by atoms with Crippen molar-refractivity contribution in [2.24, 2.45) is 0 Å². The summed E-state index contributed by atoms with van der Waals surface area (Å²) in [6, 6.07) is 16.1. The average Bonchev–Trinajstić information content (AvgIpc) is 2.71. The number of aromatic nitrogens is 1. The molecule has 2 aromatic rings. The Labute approximate surface area is 159 Å². The SMILES string of the molecule is Cc1cccnc1N/C=C(/C#N)C(=O)N1CCN(Cc2ccccc2)CC1. The molecule has 0 spiro atoms. The number of nitriles is 1. The van der Waals surface area contributed by atoms with Crippen LogP contribution in [0.15, 0.2) is 60.4 Å². The van der Waals surface area contributed by atoms with E-state index in [1.807, 2.05) is 43.3 Å². The predicted octanol–water partition coefficient (Wildman–Crippen LogP) is 2.55. The van der Waals surface area contributed by atoms with Gasteiger partial charge in [0, 0.05) is 45.1 Å². The van der Waals surface area contributed by atoms with E-state index in [1.165, 1.54) is 11.8 Å². The van der Waals surface area contributed by atoms with Gasteiger partial charge in [0.25, 0.3) is 5.91 Å². The lowest BCUT2D eigenvalue weighted by Crippen LogP contribution is -2.48. The summed E-state index contributed by atoms with van der Waals surface area (Å²) in [7, 11) is 0. The van der Waals surface area contributed by atoms with Crippen molar-refractivity contribution in [2.75, 3.05) is 31.5 Å². The number of hydrogen-bond donors (Lipinski definition) is 1. The van der Waals surface area contributed by atoms with Crippen molar-refractivity contribution in [1.82, 2.24) is 14.8 Å². The highest BCUT2D eigenvalue weighted by Crippen LogP contribution is 2.13. The lowest BCUT2D eigenvalue weighted by atomic mass is 10.2. The minimum absolute atomic E-state index is 0.0940. The molecule has 138 valence electrons. The molecule has 0 saturated carbocycles. The smallest absolute Gasteiger partial charge is 0.266 e. The molecule has 1 aliphatic rings. The first-order chi connectivity index (χ1) is 13.2. The Morgan fingerprint density at radius 1 is 1.19 bits per heavy atom. The molecule has 6 heteroatoms. The van der Waals surface area contributed by atoms with Gasteiger partial charge in [-0.1, -0.05) is 36.4 Å². The molecule has 1 aliphatic heterocycles. The monoisotopic (exact) mass is 361 g/mol. The predicted molar refractivity (Wildman–Crippen MR) is 105 cm³/mol. The molecule has 1 saturated heterocycles. The zero-order valence-electron chi connectivity index (χ0n) is 15.4. The summed E-state index contributed by atoms with van der Waals surface area (Å²) in [4.78, 5) is 20.9. The summed E-state index contributed by atoms with van der Waals surface area (Å²) in [5.74, 6) is 0.406. The van der Waals surface area contributed by atoms with Crippen molar-refractivity contribution in [3.8, 4) is 6.07 Å². The molecule has 0 aliphatic carbocycles. The fourth-order valence-electron chi connectivity index (χ4n) is 3.04. The third-order valence-corrected chi connectivity index (χ3v) is 4.62. The third kappa shape index (κ3) is 4.93. The van der Waals surface area contributed by atoms with E-state index in [4.69, 9.17) is 0 Å². The Bertz CT molecular complexity index is 848. The zero-order chi connectivity index (χ0) is 19.1. The Hall–Kier alpha value is -3.17. The van der Waals surface area contributed by atoms with Crippen molar-refractivity contribution < 1.29 is 4.79 Å². The second-order valence-electron chi connectivity index (χ2n) is 6.54. The fourth-order valence-corrected chi connectivity index (χ4v) is 3.04. The largest absolute Gasteiger partial charge is 0.345 e. The quantitative estimate of drug-likeness (QED) is 0.655. The molecule has 1 aromatic heterocycles. The maximum atomic E-state index is 12.7. The number of nitrogens with one attached hydrogen (secondary N) is 1. The Morgan fingerprint density at radius 3 is 2.59 bits per heavy atom. The molecule has 2 heterocycles. The topological polar surface area (TPSA) is 72.3 Å². The average molecular weight is 361 g/mol. The number of hydrogen-bond acceptors (Lipinski definition) is 5. The highest BCUT2D eigenvalue weighted by molar-refractivity contribution is 5.97. The van der Waals surface area contributed by atoms with Gasteiger partial charge in [-0.05, 0) is 24.1 Å².